The highest BCUT2D eigenvalue weighted by Gasteiger charge is 2.25. The average Bonchev–Trinajstić information content (AvgIpc) is 2.79. The third-order valence-corrected chi connectivity index (χ3v) is 4.82. The molecule has 25 heavy (non-hydrogen) atoms. The van der Waals surface area contributed by atoms with Gasteiger partial charge in [-0.1, -0.05) is 48.5 Å². The fraction of sp³-hybridized carbons (Fsp3) is 0.350. The van der Waals surface area contributed by atoms with Crippen LogP contribution in [-0.2, 0) is 22.6 Å². The molecule has 2 aliphatic heterocycles. The van der Waals surface area contributed by atoms with E-state index in [1.165, 1.54) is 22.3 Å². The lowest BCUT2D eigenvalue weighted by Crippen LogP contribution is -2.44. The fourth-order valence-electron chi connectivity index (χ4n) is 3.58. The van der Waals surface area contributed by atoms with Gasteiger partial charge < -0.3 is 15.0 Å². The van der Waals surface area contributed by atoms with E-state index in [0.717, 1.165) is 13.2 Å². The maximum absolute atomic E-state index is 12.9. The molecular formula is C20H23ClN2O2. The Kier molecular flexibility index (Phi) is 5.74. The summed E-state index contributed by atoms with van der Waals surface area (Å²) in [6, 6.07) is 16.9. The third kappa shape index (κ3) is 3.87. The van der Waals surface area contributed by atoms with Crippen LogP contribution in [0.3, 0.4) is 0 Å². The van der Waals surface area contributed by atoms with Gasteiger partial charge in [0, 0.05) is 32.1 Å². The molecule has 1 unspecified atom stereocenters. The Balaban J connectivity index is 0.00000182. The van der Waals surface area contributed by atoms with E-state index in [2.05, 4.69) is 41.7 Å². The number of amides is 1. The predicted octanol–water partition coefficient (Wildman–Crippen LogP) is 3.00. The number of nitrogens with zero attached hydrogens (tertiary/aromatic N) is 1. The zero-order valence-electron chi connectivity index (χ0n) is 14.1. The first kappa shape index (κ1) is 17.9. The van der Waals surface area contributed by atoms with E-state index in [9.17, 15) is 4.79 Å². The van der Waals surface area contributed by atoms with Crippen LogP contribution in [0.1, 0.15) is 17.5 Å². The Morgan fingerprint density at radius 2 is 1.64 bits per heavy atom. The van der Waals surface area contributed by atoms with Gasteiger partial charge in [0.25, 0.3) is 0 Å². The van der Waals surface area contributed by atoms with Crippen LogP contribution in [0.4, 0.5) is 0 Å². The molecule has 1 saturated heterocycles. The molecule has 0 spiro atoms. The first-order valence-electron chi connectivity index (χ1n) is 8.56. The minimum atomic E-state index is 0. The molecule has 0 radical (unpaired) electrons. The quantitative estimate of drug-likeness (QED) is 0.897. The molecule has 0 bridgehead atoms. The summed E-state index contributed by atoms with van der Waals surface area (Å²) < 4.78 is 5.47. The molecule has 2 aliphatic rings. The first-order valence-corrected chi connectivity index (χ1v) is 8.56. The molecular weight excluding hydrogens is 336 g/mol. The van der Waals surface area contributed by atoms with Gasteiger partial charge in [-0.3, -0.25) is 4.79 Å². The van der Waals surface area contributed by atoms with Crippen molar-refractivity contribution in [3.05, 3.63) is 59.7 Å². The topological polar surface area (TPSA) is 41.6 Å². The molecule has 0 aromatic heterocycles. The van der Waals surface area contributed by atoms with E-state index < -0.39 is 0 Å². The highest BCUT2D eigenvalue weighted by molar-refractivity contribution is 5.85. The SMILES string of the molecule is Cl.O=C(CC1COCCN1)N1Cc2ccccc2-c2ccccc2C1. The number of benzene rings is 2. The molecule has 1 N–H and O–H groups in total. The van der Waals surface area contributed by atoms with Gasteiger partial charge in [-0.2, -0.15) is 0 Å². The van der Waals surface area contributed by atoms with Crippen LogP contribution < -0.4 is 5.32 Å². The summed E-state index contributed by atoms with van der Waals surface area (Å²) in [4.78, 5) is 14.8. The van der Waals surface area contributed by atoms with Gasteiger partial charge in [0.05, 0.1) is 13.2 Å². The summed E-state index contributed by atoms with van der Waals surface area (Å²) in [5.74, 6) is 0.185. The van der Waals surface area contributed by atoms with Gasteiger partial charge in [0.15, 0.2) is 0 Å². The molecule has 1 atom stereocenters. The summed E-state index contributed by atoms with van der Waals surface area (Å²) in [7, 11) is 0. The van der Waals surface area contributed by atoms with Crippen molar-refractivity contribution in [1.82, 2.24) is 10.2 Å². The molecule has 2 heterocycles. The van der Waals surface area contributed by atoms with Crippen molar-refractivity contribution < 1.29 is 9.53 Å². The number of ether oxygens (including phenoxy) is 1. The van der Waals surface area contributed by atoms with Crippen LogP contribution >= 0.6 is 12.4 Å². The van der Waals surface area contributed by atoms with Crippen LogP contribution in [-0.4, -0.2) is 36.6 Å². The van der Waals surface area contributed by atoms with Gasteiger partial charge in [0.1, 0.15) is 0 Å². The van der Waals surface area contributed by atoms with E-state index in [1.807, 2.05) is 17.0 Å². The molecule has 132 valence electrons. The molecule has 4 rings (SSSR count). The zero-order valence-corrected chi connectivity index (χ0v) is 14.9. The number of hydrogen-bond acceptors (Lipinski definition) is 3. The van der Waals surface area contributed by atoms with Crippen molar-refractivity contribution >= 4 is 18.3 Å². The third-order valence-electron chi connectivity index (χ3n) is 4.82. The first-order chi connectivity index (χ1) is 11.8. The fourth-order valence-corrected chi connectivity index (χ4v) is 3.58. The van der Waals surface area contributed by atoms with E-state index in [0.29, 0.717) is 26.1 Å². The van der Waals surface area contributed by atoms with Crippen molar-refractivity contribution in [2.45, 2.75) is 25.6 Å². The number of rotatable bonds is 2. The number of hydrogen-bond donors (Lipinski definition) is 1. The number of nitrogens with one attached hydrogen (secondary N) is 1. The van der Waals surface area contributed by atoms with Gasteiger partial charge in [-0.25, -0.2) is 0 Å². The second-order valence-electron chi connectivity index (χ2n) is 6.49. The Hall–Kier alpha value is -1.88. The lowest BCUT2D eigenvalue weighted by atomic mass is 9.97. The normalized spacial score (nSPS) is 19.2. The van der Waals surface area contributed by atoms with Crippen molar-refractivity contribution in [3.8, 4) is 11.1 Å². The molecule has 4 nitrogen and oxygen atoms in total. The van der Waals surface area contributed by atoms with Crippen LogP contribution in [0.15, 0.2) is 48.5 Å². The predicted molar refractivity (Wildman–Crippen MR) is 101 cm³/mol. The molecule has 0 aliphatic carbocycles. The average molecular weight is 359 g/mol. The number of fused-ring (bicyclic) bond motifs is 3. The lowest BCUT2D eigenvalue weighted by Gasteiger charge is -2.27. The van der Waals surface area contributed by atoms with Crippen molar-refractivity contribution in [1.29, 1.82) is 0 Å². The molecule has 2 aromatic rings. The Labute approximate surface area is 154 Å². The van der Waals surface area contributed by atoms with Crippen LogP contribution in [0.5, 0.6) is 0 Å². The highest BCUT2D eigenvalue weighted by atomic mass is 35.5. The maximum atomic E-state index is 12.9. The molecule has 0 saturated carbocycles. The minimum absolute atomic E-state index is 0. The molecule has 5 heteroatoms. The second kappa shape index (κ2) is 8.00. The van der Waals surface area contributed by atoms with E-state index in [1.54, 1.807) is 0 Å². The number of carbonyl (C=O) groups is 1. The van der Waals surface area contributed by atoms with E-state index >= 15 is 0 Å². The largest absolute Gasteiger partial charge is 0.378 e. The zero-order chi connectivity index (χ0) is 16.4. The van der Waals surface area contributed by atoms with Gasteiger partial charge in [0.2, 0.25) is 5.91 Å². The number of morpholine rings is 1. The summed E-state index contributed by atoms with van der Waals surface area (Å²) in [5.41, 5.74) is 4.90. The van der Waals surface area contributed by atoms with Crippen LogP contribution in [0.2, 0.25) is 0 Å². The second-order valence-corrected chi connectivity index (χ2v) is 6.49. The van der Waals surface area contributed by atoms with Gasteiger partial charge >= 0.3 is 0 Å². The molecule has 1 fully saturated rings. The lowest BCUT2D eigenvalue weighted by molar-refractivity contribution is -0.133. The minimum Gasteiger partial charge on any atom is -0.378 e. The Bertz CT molecular complexity index is 696. The van der Waals surface area contributed by atoms with Crippen LogP contribution in [0.25, 0.3) is 11.1 Å². The van der Waals surface area contributed by atoms with Gasteiger partial charge in [-0.15, -0.1) is 12.4 Å². The number of halogens is 1. The smallest absolute Gasteiger partial charge is 0.224 e. The highest BCUT2D eigenvalue weighted by Crippen LogP contribution is 2.32. The number of carbonyl (C=O) groups excluding carboxylic acids is 1. The van der Waals surface area contributed by atoms with E-state index in [-0.39, 0.29) is 24.4 Å². The van der Waals surface area contributed by atoms with Crippen LogP contribution in [0, 0.1) is 0 Å². The summed E-state index contributed by atoms with van der Waals surface area (Å²) in [6.45, 7) is 3.50. The summed E-state index contributed by atoms with van der Waals surface area (Å²) in [6.07, 6.45) is 0.490. The maximum Gasteiger partial charge on any atom is 0.224 e. The van der Waals surface area contributed by atoms with Crippen molar-refractivity contribution in [2.75, 3.05) is 19.8 Å². The molecule has 1 amide bonds. The van der Waals surface area contributed by atoms with E-state index in [4.69, 9.17) is 4.74 Å². The van der Waals surface area contributed by atoms with Gasteiger partial charge in [-0.05, 0) is 22.3 Å². The summed E-state index contributed by atoms with van der Waals surface area (Å²) >= 11 is 0. The monoisotopic (exact) mass is 358 g/mol. The Morgan fingerprint density at radius 1 is 1.04 bits per heavy atom. The van der Waals surface area contributed by atoms with Crippen molar-refractivity contribution in [2.24, 2.45) is 0 Å². The Morgan fingerprint density at radius 3 is 2.20 bits per heavy atom. The van der Waals surface area contributed by atoms with Crippen molar-refractivity contribution in [3.63, 3.8) is 0 Å². The summed E-state index contributed by atoms with van der Waals surface area (Å²) in [5, 5.41) is 3.37. The standard InChI is InChI=1S/C20H22N2O2.ClH/c23-20(11-17-14-24-10-9-21-17)22-12-15-5-1-3-7-18(15)19-8-4-2-6-16(19)13-22;/h1-8,17,21H,9-14H2;1H. The molecule has 2 aromatic carbocycles.